The molecule has 0 aliphatic carbocycles. The van der Waals surface area contributed by atoms with Gasteiger partial charge in [-0.05, 0) is 44.9 Å². The molecule has 0 aliphatic rings. The first-order chi connectivity index (χ1) is 12.7. The van der Waals surface area contributed by atoms with E-state index in [4.69, 9.17) is 0 Å². The van der Waals surface area contributed by atoms with E-state index in [0.717, 1.165) is 21.4 Å². The molecule has 2 rings (SSSR count). The summed E-state index contributed by atoms with van der Waals surface area (Å²) >= 11 is 0. The van der Waals surface area contributed by atoms with E-state index < -0.39 is 46.7 Å². The fraction of sp³-hybridized carbons (Fsp3) is 0.444. The maximum absolute atomic E-state index is 13.5. The van der Waals surface area contributed by atoms with Crippen LogP contribution in [0.2, 0.25) is 0 Å². The van der Waals surface area contributed by atoms with Gasteiger partial charge in [0.05, 0.1) is 5.56 Å². The van der Waals surface area contributed by atoms with Crippen LogP contribution in [0.3, 0.4) is 0 Å². The molecular formula is C18H18F6N2O2. The molecule has 0 radical (unpaired) electrons. The number of alkyl halides is 6. The van der Waals surface area contributed by atoms with Gasteiger partial charge in [-0.15, -0.1) is 0 Å². The maximum Gasteiger partial charge on any atom is 0.421 e. The highest BCUT2D eigenvalue weighted by Gasteiger charge is 2.38. The second-order valence-electron chi connectivity index (χ2n) is 6.73. The van der Waals surface area contributed by atoms with Gasteiger partial charge >= 0.3 is 12.4 Å². The van der Waals surface area contributed by atoms with E-state index in [9.17, 15) is 35.9 Å². The molecule has 0 saturated carbocycles. The van der Waals surface area contributed by atoms with Crippen LogP contribution < -0.4 is 11.1 Å². The van der Waals surface area contributed by atoms with Crippen molar-refractivity contribution < 1.29 is 26.3 Å². The summed E-state index contributed by atoms with van der Waals surface area (Å²) in [5.74, 6) is 0. The van der Waals surface area contributed by atoms with Crippen LogP contribution in [0.5, 0.6) is 0 Å². The lowest BCUT2D eigenvalue weighted by molar-refractivity contribution is -0.140. The molecule has 2 aromatic rings. The van der Waals surface area contributed by atoms with Gasteiger partial charge in [-0.25, -0.2) is 0 Å². The number of nitrogens with zero attached hydrogens (tertiary/aromatic N) is 2. The standard InChI is InChI=1S/C18H18F6N2O2/c1-10(2)25-6-4-12(15(16(25)28)18(22,23)24)8-11(3)26-7-5-13(9-14(26)27)17(19,20)21/h4-7,9-11H,8H2,1-3H3. The van der Waals surface area contributed by atoms with E-state index in [1.165, 1.54) is 13.1 Å². The lowest BCUT2D eigenvalue weighted by Gasteiger charge is -2.20. The average Bonchev–Trinajstić information content (AvgIpc) is 2.52. The summed E-state index contributed by atoms with van der Waals surface area (Å²) in [6, 6.07) is 0.829. The molecule has 28 heavy (non-hydrogen) atoms. The van der Waals surface area contributed by atoms with Gasteiger partial charge in [-0.1, -0.05) is 0 Å². The van der Waals surface area contributed by atoms with Crippen LogP contribution in [0.4, 0.5) is 26.3 Å². The third-order valence-electron chi connectivity index (χ3n) is 4.31. The molecular weight excluding hydrogens is 390 g/mol. The van der Waals surface area contributed by atoms with Gasteiger partial charge in [0, 0.05) is 30.5 Å². The second-order valence-corrected chi connectivity index (χ2v) is 6.73. The van der Waals surface area contributed by atoms with Gasteiger partial charge in [0.15, 0.2) is 0 Å². The molecule has 0 amide bonds. The summed E-state index contributed by atoms with van der Waals surface area (Å²) in [6.45, 7) is 4.51. The van der Waals surface area contributed by atoms with Crippen molar-refractivity contribution in [3.05, 3.63) is 68.0 Å². The van der Waals surface area contributed by atoms with Gasteiger partial charge in [0.2, 0.25) is 0 Å². The summed E-state index contributed by atoms with van der Waals surface area (Å²) in [4.78, 5) is 24.3. The Bertz CT molecular complexity index is 970. The predicted octanol–water partition coefficient (Wildman–Crippen LogP) is 4.43. The minimum Gasteiger partial charge on any atom is -0.312 e. The third-order valence-corrected chi connectivity index (χ3v) is 4.31. The normalized spacial score (nSPS) is 13.8. The molecule has 0 bridgehead atoms. The van der Waals surface area contributed by atoms with Gasteiger partial charge in [0.1, 0.15) is 5.56 Å². The zero-order chi connectivity index (χ0) is 21.4. The molecule has 0 spiro atoms. The van der Waals surface area contributed by atoms with E-state index in [1.54, 1.807) is 13.8 Å². The molecule has 0 aliphatic heterocycles. The zero-order valence-corrected chi connectivity index (χ0v) is 15.2. The first-order valence-corrected chi connectivity index (χ1v) is 8.34. The Morgan fingerprint density at radius 1 is 0.893 bits per heavy atom. The Kier molecular flexibility index (Phi) is 5.82. The van der Waals surface area contributed by atoms with Crippen molar-refractivity contribution in [2.24, 2.45) is 0 Å². The van der Waals surface area contributed by atoms with Gasteiger partial charge < -0.3 is 9.13 Å². The highest BCUT2D eigenvalue weighted by molar-refractivity contribution is 5.28. The van der Waals surface area contributed by atoms with E-state index >= 15 is 0 Å². The fourth-order valence-electron chi connectivity index (χ4n) is 2.91. The molecule has 0 aromatic carbocycles. The van der Waals surface area contributed by atoms with Crippen molar-refractivity contribution >= 4 is 0 Å². The Labute approximate surface area is 156 Å². The Morgan fingerprint density at radius 3 is 1.93 bits per heavy atom. The molecule has 154 valence electrons. The van der Waals surface area contributed by atoms with Crippen molar-refractivity contribution in [1.82, 2.24) is 9.13 Å². The van der Waals surface area contributed by atoms with Gasteiger partial charge in [-0.2, -0.15) is 26.3 Å². The highest BCUT2D eigenvalue weighted by atomic mass is 19.4. The molecule has 0 N–H and O–H groups in total. The monoisotopic (exact) mass is 408 g/mol. The minimum atomic E-state index is -4.91. The van der Waals surface area contributed by atoms with Crippen LogP contribution in [0.25, 0.3) is 0 Å². The molecule has 10 heteroatoms. The number of pyridine rings is 2. The van der Waals surface area contributed by atoms with Crippen molar-refractivity contribution in [3.63, 3.8) is 0 Å². The van der Waals surface area contributed by atoms with Crippen molar-refractivity contribution in [2.75, 3.05) is 0 Å². The second kappa shape index (κ2) is 7.48. The van der Waals surface area contributed by atoms with Crippen LogP contribution in [-0.2, 0) is 18.8 Å². The molecule has 4 nitrogen and oxygen atoms in total. The molecule has 2 aromatic heterocycles. The van der Waals surface area contributed by atoms with Crippen LogP contribution in [0.15, 0.2) is 40.2 Å². The summed E-state index contributed by atoms with van der Waals surface area (Å²) in [6.07, 6.45) is -7.84. The summed E-state index contributed by atoms with van der Waals surface area (Å²) in [7, 11) is 0. The molecule has 2 heterocycles. The largest absolute Gasteiger partial charge is 0.421 e. The van der Waals surface area contributed by atoms with E-state index in [0.29, 0.717) is 12.1 Å². The minimum absolute atomic E-state index is 0.325. The average molecular weight is 408 g/mol. The summed E-state index contributed by atoms with van der Waals surface area (Å²) in [5, 5.41) is 0. The highest BCUT2D eigenvalue weighted by Crippen LogP contribution is 2.32. The van der Waals surface area contributed by atoms with Crippen LogP contribution in [0, 0.1) is 0 Å². The van der Waals surface area contributed by atoms with E-state index in [1.807, 2.05) is 0 Å². The number of hydrogen-bond acceptors (Lipinski definition) is 2. The Hall–Kier alpha value is -2.52. The van der Waals surface area contributed by atoms with Crippen LogP contribution >= 0.6 is 0 Å². The number of hydrogen-bond donors (Lipinski definition) is 0. The number of aromatic nitrogens is 2. The van der Waals surface area contributed by atoms with Crippen molar-refractivity contribution in [2.45, 2.75) is 51.6 Å². The quantitative estimate of drug-likeness (QED) is 0.703. The summed E-state index contributed by atoms with van der Waals surface area (Å²) in [5.41, 5.74) is -5.00. The van der Waals surface area contributed by atoms with Crippen LogP contribution in [-0.4, -0.2) is 9.13 Å². The lowest BCUT2D eigenvalue weighted by Crippen LogP contribution is -2.32. The molecule has 1 atom stereocenters. The van der Waals surface area contributed by atoms with Crippen LogP contribution in [0.1, 0.15) is 49.5 Å². The maximum atomic E-state index is 13.5. The predicted molar refractivity (Wildman–Crippen MR) is 90.2 cm³/mol. The summed E-state index contributed by atoms with van der Waals surface area (Å²) < 4.78 is 80.2. The zero-order valence-electron chi connectivity index (χ0n) is 15.2. The lowest BCUT2D eigenvalue weighted by atomic mass is 10.0. The van der Waals surface area contributed by atoms with Gasteiger partial charge in [0.25, 0.3) is 11.1 Å². The molecule has 1 unspecified atom stereocenters. The van der Waals surface area contributed by atoms with Crippen molar-refractivity contribution in [3.8, 4) is 0 Å². The fourth-order valence-corrected chi connectivity index (χ4v) is 2.91. The molecule has 0 saturated heterocycles. The first kappa shape index (κ1) is 21.8. The topological polar surface area (TPSA) is 44.0 Å². The SMILES string of the molecule is CC(C)n1ccc(CC(C)n2ccc(C(F)(F)F)cc2=O)c(C(F)(F)F)c1=O. The number of halogens is 6. The van der Waals surface area contributed by atoms with Crippen molar-refractivity contribution in [1.29, 1.82) is 0 Å². The third kappa shape index (κ3) is 4.48. The van der Waals surface area contributed by atoms with E-state index in [2.05, 4.69) is 0 Å². The first-order valence-electron chi connectivity index (χ1n) is 8.34. The number of rotatable bonds is 4. The Balaban J connectivity index is 2.47. The molecule has 0 fully saturated rings. The van der Waals surface area contributed by atoms with E-state index in [-0.39, 0.29) is 12.0 Å². The Morgan fingerprint density at radius 2 is 1.46 bits per heavy atom. The smallest absolute Gasteiger partial charge is 0.312 e. The van der Waals surface area contributed by atoms with Gasteiger partial charge in [-0.3, -0.25) is 9.59 Å².